The molecule has 1 atom stereocenters. The summed E-state index contributed by atoms with van der Waals surface area (Å²) in [6, 6.07) is 8.67. The molecule has 0 bridgehead atoms. The summed E-state index contributed by atoms with van der Waals surface area (Å²) in [6.07, 6.45) is 2.69. The number of benzene rings is 2. The summed E-state index contributed by atoms with van der Waals surface area (Å²) in [5.41, 5.74) is 0.688. The third-order valence-electron chi connectivity index (χ3n) is 5.88. The molecule has 1 heterocycles. The molecule has 1 N–H and O–H groups in total. The number of rotatable bonds is 11. The summed E-state index contributed by atoms with van der Waals surface area (Å²) in [4.78, 5) is 27.8. The highest BCUT2D eigenvalue weighted by Crippen LogP contribution is 2.35. The number of hydrogen-bond acceptors (Lipinski definition) is 6. The average molecular weight is 573 g/mol. The smallest absolute Gasteiger partial charge is 0.244 e. The molecule has 0 saturated carbocycles. The first-order valence-electron chi connectivity index (χ1n) is 11.9. The number of nitrogens with zero attached hydrogens (tertiary/aromatic N) is 2. The van der Waals surface area contributed by atoms with E-state index in [1.54, 1.807) is 31.2 Å². The summed E-state index contributed by atoms with van der Waals surface area (Å²) >= 11 is 12.7. The van der Waals surface area contributed by atoms with Crippen molar-refractivity contribution >= 4 is 50.7 Å². The minimum Gasteiger partial charge on any atom is -0.486 e. The molecule has 2 aromatic carbocycles. The SMILES string of the molecule is CCCCNC(=O)[C@@H](C)N(Cc1c(Cl)cccc1Cl)C(=O)CN(c1ccc2c(c1)OCCO2)S(C)(=O)=O. The first-order chi connectivity index (χ1) is 17.5. The Morgan fingerprint density at radius 2 is 1.73 bits per heavy atom. The van der Waals surface area contributed by atoms with Gasteiger partial charge in [0, 0.05) is 34.8 Å². The van der Waals surface area contributed by atoms with E-state index >= 15 is 0 Å². The summed E-state index contributed by atoms with van der Waals surface area (Å²) in [7, 11) is -3.89. The van der Waals surface area contributed by atoms with Gasteiger partial charge in [-0.3, -0.25) is 13.9 Å². The van der Waals surface area contributed by atoms with Crippen molar-refractivity contribution in [3.8, 4) is 11.5 Å². The predicted octanol–water partition coefficient (Wildman–Crippen LogP) is 3.86. The molecule has 0 unspecified atom stereocenters. The fraction of sp³-hybridized carbons (Fsp3) is 0.440. The first kappa shape index (κ1) is 28.9. The van der Waals surface area contributed by atoms with Crippen LogP contribution in [0.25, 0.3) is 0 Å². The first-order valence-corrected chi connectivity index (χ1v) is 14.5. The lowest BCUT2D eigenvalue weighted by molar-refractivity contribution is -0.139. The highest BCUT2D eigenvalue weighted by Gasteiger charge is 2.31. The molecule has 202 valence electrons. The number of unbranched alkanes of at least 4 members (excludes halogenated alkanes) is 1. The van der Waals surface area contributed by atoms with Gasteiger partial charge in [-0.2, -0.15) is 0 Å². The molecule has 1 aliphatic heterocycles. The van der Waals surface area contributed by atoms with Crippen LogP contribution in [0.15, 0.2) is 36.4 Å². The lowest BCUT2D eigenvalue weighted by Gasteiger charge is -2.32. The molecule has 37 heavy (non-hydrogen) atoms. The molecule has 0 radical (unpaired) electrons. The number of sulfonamides is 1. The zero-order valence-corrected chi connectivity index (χ0v) is 23.3. The zero-order chi connectivity index (χ0) is 27.2. The summed E-state index contributed by atoms with van der Waals surface area (Å²) in [6.45, 7) is 4.12. The van der Waals surface area contributed by atoms with E-state index in [1.807, 2.05) is 6.92 Å². The molecule has 0 aliphatic carbocycles. The Kier molecular flexibility index (Phi) is 9.92. The molecule has 0 fully saturated rings. The molecule has 0 aromatic heterocycles. The van der Waals surface area contributed by atoms with Crippen LogP contribution in [0.3, 0.4) is 0 Å². The molecule has 0 spiro atoms. The number of anilines is 1. The minimum atomic E-state index is -3.89. The Balaban J connectivity index is 1.93. The second-order valence-electron chi connectivity index (χ2n) is 8.64. The lowest BCUT2D eigenvalue weighted by Crippen LogP contribution is -2.51. The third kappa shape index (κ3) is 7.43. The van der Waals surface area contributed by atoms with Crippen LogP contribution in [0.4, 0.5) is 5.69 Å². The molecular formula is C25H31Cl2N3O6S. The maximum Gasteiger partial charge on any atom is 0.244 e. The Morgan fingerprint density at radius 3 is 2.35 bits per heavy atom. The third-order valence-corrected chi connectivity index (χ3v) is 7.73. The monoisotopic (exact) mass is 571 g/mol. The van der Waals surface area contributed by atoms with Gasteiger partial charge in [0.05, 0.1) is 11.9 Å². The van der Waals surface area contributed by atoms with Crippen LogP contribution < -0.4 is 19.1 Å². The van der Waals surface area contributed by atoms with Crippen molar-refractivity contribution in [2.75, 3.05) is 36.9 Å². The molecule has 12 heteroatoms. The average Bonchev–Trinajstić information content (AvgIpc) is 2.85. The Morgan fingerprint density at radius 1 is 1.08 bits per heavy atom. The number of halogens is 2. The van der Waals surface area contributed by atoms with Crippen molar-refractivity contribution < 1.29 is 27.5 Å². The molecule has 3 rings (SSSR count). The van der Waals surface area contributed by atoms with Crippen molar-refractivity contribution in [2.24, 2.45) is 0 Å². The minimum absolute atomic E-state index is 0.0849. The second kappa shape index (κ2) is 12.7. The van der Waals surface area contributed by atoms with E-state index in [-0.39, 0.29) is 18.1 Å². The van der Waals surface area contributed by atoms with Gasteiger partial charge in [-0.05, 0) is 37.6 Å². The molecule has 0 saturated heterocycles. The van der Waals surface area contributed by atoms with Crippen LogP contribution in [0.2, 0.25) is 10.0 Å². The van der Waals surface area contributed by atoms with Crippen LogP contribution >= 0.6 is 23.2 Å². The summed E-state index contributed by atoms with van der Waals surface area (Å²) < 4.78 is 37.6. The second-order valence-corrected chi connectivity index (χ2v) is 11.4. The van der Waals surface area contributed by atoms with Gasteiger partial charge in [0.15, 0.2) is 11.5 Å². The van der Waals surface area contributed by atoms with Gasteiger partial charge in [0.2, 0.25) is 21.8 Å². The Labute approximate surface area is 227 Å². The standard InChI is InChI=1S/C25H31Cl2N3O6S/c1-4-5-11-28-25(32)17(2)29(15-19-20(26)7-6-8-21(19)27)24(31)16-30(37(3,33)34)18-9-10-22-23(14-18)36-13-12-35-22/h6-10,14,17H,4-5,11-13,15-16H2,1-3H3,(H,28,32)/t17-/m1/s1. The molecule has 2 aromatic rings. The maximum absolute atomic E-state index is 13.7. The highest BCUT2D eigenvalue weighted by molar-refractivity contribution is 7.92. The van der Waals surface area contributed by atoms with E-state index in [0.29, 0.717) is 46.9 Å². The van der Waals surface area contributed by atoms with Crippen molar-refractivity contribution in [2.45, 2.75) is 39.3 Å². The van der Waals surface area contributed by atoms with Gasteiger partial charge in [-0.25, -0.2) is 8.42 Å². The Hall–Kier alpha value is -2.69. The van der Waals surface area contributed by atoms with Crippen molar-refractivity contribution in [1.82, 2.24) is 10.2 Å². The molecule has 2 amide bonds. The van der Waals surface area contributed by atoms with Gasteiger partial charge in [-0.15, -0.1) is 0 Å². The number of nitrogens with one attached hydrogen (secondary N) is 1. The van der Waals surface area contributed by atoms with E-state index in [0.717, 1.165) is 23.4 Å². The number of amides is 2. The molecule has 9 nitrogen and oxygen atoms in total. The van der Waals surface area contributed by atoms with Crippen LogP contribution in [0.1, 0.15) is 32.3 Å². The number of fused-ring (bicyclic) bond motifs is 1. The van der Waals surface area contributed by atoms with E-state index in [9.17, 15) is 18.0 Å². The van der Waals surface area contributed by atoms with Gasteiger partial charge in [-0.1, -0.05) is 42.6 Å². The van der Waals surface area contributed by atoms with E-state index in [2.05, 4.69) is 5.32 Å². The van der Waals surface area contributed by atoms with Gasteiger partial charge in [0.1, 0.15) is 25.8 Å². The number of ether oxygens (including phenoxy) is 2. The Bertz CT molecular complexity index is 1220. The summed E-state index contributed by atoms with van der Waals surface area (Å²) in [5.74, 6) is -0.0972. The van der Waals surface area contributed by atoms with E-state index < -0.39 is 28.5 Å². The van der Waals surface area contributed by atoms with Crippen LogP contribution in [0.5, 0.6) is 11.5 Å². The van der Waals surface area contributed by atoms with Crippen molar-refractivity contribution in [3.05, 3.63) is 52.0 Å². The normalized spacial score (nSPS) is 13.5. The largest absolute Gasteiger partial charge is 0.486 e. The van der Waals surface area contributed by atoms with Crippen molar-refractivity contribution in [3.63, 3.8) is 0 Å². The number of carbonyl (C=O) groups excluding carboxylic acids is 2. The topological polar surface area (TPSA) is 105 Å². The van der Waals surface area contributed by atoms with E-state index in [1.165, 1.54) is 17.0 Å². The van der Waals surface area contributed by atoms with Gasteiger partial charge < -0.3 is 19.7 Å². The quantitative estimate of drug-likeness (QED) is 0.410. The van der Waals surface area contributed by atoms with Crippen LogP contribution in [-0.4, -0.2) is 63.7 Å². The van der Waals surface area contributed by atoms with Gasteiger partial charge >= 0.3 is 0 Å². The van der Waals surface area contributed by atoms with Gasteiger partial charge in [0.25, 0.3) is 0 Å². The predicted molar refractivity (Wildman–Crippen MR) is 144 cm³/mol. The zero-order valence-electron chi connectivity index (χ0n) is 21.0. The summed E-state index contributed by atoms with van der Waals surface area (Å²) in [5, 5.41) is 3.48. The molecule has 1 aliphatic rings. The van der Waals surface area contributed by atoms with Crippen LogP contribution in [-0.2, 0) is 26.2 Å². The van der Waals surface area contributed by atoms with Crippen LogP contribution in [0, 0.1) is 0 Å². The molecular weight excluding hydrogens is 541 g/mol. The highest BCUT2D eigenvalue weighted by atomic mass is 35.5. The fourth-order valence-corrected chi connectivity index (χ4v) is 5.13. The lowest BCUT2D eigenvalue weighted by atomic mass is 10.1. The maximum atomic E-state index is 13.7. The fourth-order valence-electron chi connectivity index (χ4n) is 3.77. The van der Waals surface area contributed by atoms with E-state index in [4.69, 9.17) is 32.7 Å². The van der Waals surface area contributed by atoms with Crippen molar-refractivity contribution in [1.29, 1.82) is 0 Å². The number of hydrogen-bond donors (Lipinski definition) is 1. The number of carbonyl (C=O) groups is 2.